The van der Waals surface area contributed by atoms with Gasteiger partial charge in [0.1, 0.15) is 0 Å². The van der Waals surface area contributed by atoms with E-state index >= 15 is 0 Å². The van der Waals surface area contributed by atoms with Crippen LogP contribution < -0.4 is 0 Å². The first-order valence-electron chi connectivity index (χ1n) is 13.9. The second-order valence-corrected chi connectivity index (χ2v) is 10.9. The van der Waals surface area contributed by atoms with Gasteiger partial charge in [0.25, 0.3) is 0 Å². The molecule has 9 rings (SSSR count). The van der Waals surface area contributed by atoms with Crippen LogP contribution in [0.3, 0.4) is 0 Å². The zero-order valence-corrected chi connectivity index (χ0v) is 21.9. The Kier molecular flexibility index (Phi) is 4.42. The van der Waals surface area contributed by atoms with Crippen molar-refractivity contribution in [2.24, 2.45) is 0 Å². The lowest BCUT2D eigenvalue weighted by Crippen LogP contribution is -1.86. The van der Waals surface area contributed by atoms with Gasteiger partial charge in [-0.15, -0.1) is 0 Å². The van der Waals surface area contributed by atoms with E-state index in [0.29, 0.717) is 0 Å². The predicted octanol–water partition coefficient (Wildman–Crippen LogP) is 11.3. The van der Waals surface area contributed by atoms with Crippen molar-refractivity contribution in [3.8, 4) is 44.5 Å². The van der Waals surface area contributed by atoms with E-state index in [0.717, 1.165) is 0 Å². The van der Waals surface area contributed by atoms with Gasteiger partial charge in [-0.25, -0.2) is 0 Å². The van der Waals surface area contributed by atoms with Crippen molar-refractivity contribution >= 4 is 43.1 Å². The second kappa shape index (κ2) is 8.15. The van der Waals surface area contributed by atoms with E-state index < -0.39 is 0 Å². The molecule has 1 aliphatic carbocycles. The van der Waals surface area contributed by atoms with Crippen LogP contribution in [-0.4, -0.2) is 0 Å². The van der Waals surface area contributed by atoms with Crippen molar-refractivity contribution in [2.45, 2.75) is 0 Å². The molecule has 0 fully saturated rings. The Morgan fingerprint density at radius 2 is 0.850 bits per heavy atom. The van der Waals surface area contributed by atoms with Crippen LogP contribution in [0.5, 0.6) is 0 Å². The molecule has 184 valence electrons. The summed E-state index contributed by atoms with van der Waals surface area (Å²) in [6.45, 7) is 0. The fourth-order valence-electron chi connectivity index (χ4n) is 6.87. The van der Waals surface area contributed by atoms with E-state index in [4.69, 9.17) is 0 Å². The molecule has 0 saturated heterocycles. The molecule has 0 amide bonds. The van der Waals surface area contributed by atoms with Crippen molar-refractivity contribution < 1.29 is 0 Å². The molecule has 0 nitrogen and oxygen atoms in total. The predicted molar refractivity (Wildman–Crippen MR) is 172 cm³/mol. The van der Waals surface area contributed by atoms with Crippen molar-refractivity contribution in [1.82, 2.24) is 0 Å². The van der Waals surface area contributed by atoms with Crippen LogP contribution in [0.1, 0.15) is 0 Å². The fraction of sp³-hybridized carbons (Fsp3) is 0. The molecular weight excluding hydrogens is 480 g/mol. The molecular formula is C40H24. The zero-order chi connectivity index (χ0) is 26.2. The van der Waals surface area contributed by atoms with Crippen LogP contribution in [0.2, 0.25) is 0 Å². The third-order valence-corrected chi connectivity index (χ3v) is 8.74. The summed E-state index contributed by atoms with van der Waals surface area (Å²) >= 11 is 0. The Balaban J connectivity index is 1.19. The largest absolute Gasteiger partial charge is 0.0616 e. The summed E-state index contributed by atoms with van der Waals surface area (Å²) in [7, 11) is 0. The van der Waals surface area contributed by atoms with E-state index in [1.165, 1.54) is 87.6 Å². The van der Waals surface area contributed by atoms with Gasteiger partial charge < -0.3 is 0 Å². The van der Waals surface area contributed by atoms with E-state index in [2.05, 4.69) is 146 Å². The Morgan fingerprint density at radius 1 is 0.250 bits per heavy atom. The summed E-state index contributed by atoms with van der Waals surface area (Å²) in [5.74, 6) is 0. The molecule has 0 atom stereocenters. The minimum absolute atomic E-state index is 1.25. The highest BCUT2D eigenvalue weighted by molar-refractivity contribution is 6.17. The lowest BCUT2D eigenvalue weighted by atomic mass is 9.91. The van der Waals surface area contributed by atoms with Crippen molar-refractivity contribution in [2.75, 3.05) is 0 Å². The van der Waals surface area contributed by atoms with Gasteiger partial charge in [0.2, 0.25) is 0 Å². The SMILES string of the molecule is c1ccc2c(c1)-c1cccc3cc(-c4ccc5cc(-c6cc7ccccc7c7ccccc67)ccc5c4)cc-2c13. The molecule has 1 aliphatic rings. The molecule has 0 heterocycles. The molecule has 0 radical (unpaired) electrons. The number of hydrogen-bond donors (Lipinski definition) is 0. The van der Waals surface area contributed by atoms with Gasteiger partial charge in [0, 0.05) is 0 Å². The summed E-state index contributed by atoms with van der Waals surface area (Å²) in [4.78, 5) is 0. The maximum absolute atomic E-state index is 2.38. The van der Waals surface area contributed by atoms with Crippen LogP contribution >= 0.6 is 0 Å². The molecule has 0 N–H and O–H groups in total. The van der Waals surface area contributed by atoms with E-state index in [1.807, 2.05) is 0 Å². The van der Waals surface area contributed by atoms with Crippen LogP contribution in [0, 0.1) is 0 Å². The molecule has 0 aliphatic heterocycles. The van der Waals surface area contributed by atoms with E-state index in [9.17, 15) is 0 Å². The summed E-state index contributed by atoms with van der Waals surface area (Å²) in [6.07, 6.45) is 0. The topological polar surface area (TPSA) is 0 Å². The minimum Gasteiger partial charge on any atom is -0.0616 e. The van der Waals surface area contributed by atoms with Crippen molar-refractivity contribution in [3.63, 3.8) is 0 Å². The first-order chi connectivity index (χ1) is 19.8. The second-order valence-electron chi connectivity index (χ2n) is 10.9. The van der Waals surface area contributed by atoms with E-state index in [1.54, 1.807) is 0 Å². The first-order valence-corrected chi connectivity index (χ1v) is 13.9. The van der Waals surface area contributed by atoms with Crippen LogP contribution in [0.25, 0.3) is 87.6 Å². The Hall–Kier alpha value is -5.20. The van der Waals surface area contributed by atoms with Gasteiger partial charge in [-0.05, 0) is 118 Å². The smallest absolute Gasteiger partial charge is 0.00259 e. The van der Waals surface area contributed by atoms with Gasteiger partial charge in [-0.1, -0.05) is 115 Å². The quantitative estimate of drug-likeness (QED) is 0.205. The average molecular weight is 505 g/mol. The molecule has 40 heavy (non-hydrogen) atoms. The molecule has 8 aromatic rings. The summed E-state index contributed by atoms with van der Waals surface area (Å²) < 4.78 is 0. The van der Waals surface area contributed by atoms with Gasteiger partial charge in [-0.2, -0.15) is 0 Å². The maximum atomic E-state index is 2.38. The van der Waals surface area contributed by atoms with Crippen LogP contribution in [0.15, 0.2) is 146 Å². The molecule has 0 heteroatoms. The summed E-state index contributed by atoms with van der Waals surface area (Å²) in [5, 5.41) is 10.4. The van der Waals surface area contributed by atoms with Gasteiger partial charge >= 0.3 is 0 Å². The number of rotatable bonds is 2. The van der Waals surface area contributed by atoms with Crippen molar-refractivity contribution in [1.29, 1.82) is 0 Å². The van der Waals surface area contributed by atoms with Gasteiger partial charge in [-0.3, -0.25) is 0 Å². The molecule has 0 bridgehead atoms. The molecule has 0 saturated carbocycles. The van der Waals surface area contributed by atoms with E-state index in [-0.39, 0.29) is 0 Å². The third-order valence-electron chi connectivity index (χ3n) is 8.74. The normalized spacial score (nSPS) is 12.0. The van der Waals surface area contributed by atoms with Gasteiger partial charge in [0.05, 0.1) is 0 Å². The highest BCUT2D eigenvalue weighted by Crippen LogP contribution is 2.48. The Bertz CT molecular complexity index is 2320. The lowest BCUT2D eigenvalue weighted by Gasteiger charge is -2.13. The molecule has 8 aromatic carbocycles. The average Bonchev–Trinajstić information content (AvgIpc) is 3.35. The fourth-order valence-corrected chi connectivity index (χ4v) is 6.87. The maximum Gasteiger partial charge on any atom is -0.00259 e. The lowest BCUT2D eigenvalue weighted by molar-refractivity contribution is 1.66. The summed E-state index contributed by atoms with van der Waals surface area (Å²) in [6, 6.07) is 53.8. The molecule has 0 spiro atoms. The first kappa shape index (κ1) is 21.7. The molecule has 0 unspecified atom stereocenters. The highest BCUT2D eigenvalue weighted by Gasteiger charge is 2.21. The zero-order valence-electron chi connectivity index (χ0n) is 21.9. The molecule has 0 aromatic heterocycles. The number of benzene rings is 8. The monoisotopic (exact) mass is 504 g/mol. The minimum atomic E-state index is 1.25. The Labute approximate surface area is 232 Å². The van der Waals surface area contributed by atoms with Crippen LogP contribution in [-0.2, 0) is 0 Å². The Morgan fingerprint density at radius 3 is 1.70 bits per heavy atom. The number of fused-ring (bicyclic) bond motifs is 7. The van der Waals surface area contributed by atoms with Crippen molar-refractivity contribution in [3.05, 3.63) is 146 Å². The standard InChI is InChI=1S/C40H24/c1-2-10-32-28(8-1)23-38(35-13-5-3-11-33(32)35)29-19-18-25-20-27(17-16-26(25)21-29)31-22-30-9-7-15-37-34-12-4-6-14-36(34)39(24-31)40(30)37/h1-24H. The number of hydrogen-bond acceptors (Lipinski definition) is 0. The highest BCUT2D eigenvalue weighted by atomic mass is 14.2. The third kappa shape index (κ3) is 3.08. The van der Waals surface area contributed by atoms with Gasteiger partial charge in [0.15, 0.2) is 0 Å². The summed E-state index contributed by atoms with van der Waals surface area (Å²) in [5.41, 5.74) is 10.4. The van der Waals surface area contributed by atoms with Crippen LogP contribution in [0.4, 0.5) is 0 Å².